The second-order valence-corrected chi connectivity index (χ2v) is 8.84. The summed E-state index contributed by atoms with van der Waals surface area (Å²) in [7, 11) is 0. The van der Waals surface area contributed by atoms with Crippen LogP contribution in [0.15, 0.2) is 71.3 Å². The first-order chi connectivity index (χ1) is 16.0. The summed E-state index contributed by atoms with van der Waals surface area (Å²) < 4.78 is 6.34. The second kappa shape index (κ2) is 10.7. The fourth-order valence-corrected chi connectivity index (χ4v) is 3.99. The summed E-state index contributed by atoms with van der Waals surface area (Å²) >= 11 is 9.25. The molecule has 2 aromatic carbocycles. The van der Waals surface area contributed by atoms with Crippen LogP contribution in [0.4, 0.5) is 11.5 Å². The van der Waals surface area contributed by atoms with E-state index in [0.29, 0.717) is 48.2 Å². The molecule has 3 aromatic rings. The molecule has 1 saturated heterocycles. The fourth-order valence-electron chi connectivity index (χ4n) is 3.47. The molecule has 0 bridgehead atoms. The number of ether oxygens (including phenoxy) is 1. The number of carbonyl (C=O) groups is 2. The molecule has 7 nitrogen and oxygen atoms in total. The molecule has 4 rings (SSSR count). The van der Waals surface area contributed by atoms with Gasteiger partial charge in [-0.15, -0.1) is 0 Å². The molecular formula is C24H22BrClN4O3. The molecule has 2 amide bonds. The number of rotatable bonds is 6. The molecule has 0 saturated carbocycles. The Labute approximate surface area is 205 Å². The summed E-state index contributed by atoms with van der Waals surface area (Å²) in [5.41, 5.74) is 1.27. The van der Waals surface area contributed by atoms with Crippen LogP contribution in [0.1, 0.15) is 10.4 Å². The van der Waals surface area contributed by atoms with Crippen molar-refractivity contribution in [2.24, 2.45) is 0 Å². The van der Waals surface area contributed by atoms with Gasteiger partial charge in [0.15, 0.2) is 6.61 Å². The number of amides is 2. The van der Waals surface area contributed by atoms with Crippen LogP contribution < -0.4 is 15.0 Å². The molecule has 0 aliphatic carbocycles. The highest BCUT2D eigenvalue weighted by Crippen LogP contribution is 2.19. The number of hydrogen-bond donors (Lipinski definition) is 1. The van der Waals surface area contributed by atoms with Crippen LogP contribution in [0.2, 0.25) is 5.02 Å². The van der Waals surface area contributed by atoms with Crippen molar-refractivity contribution in [2.45, 2.75) is 0 Å². The van der Waals surface area contributed by atoms with Gasteiger partial charge in [-0.1, -0.05) is 33.6 Å². The molecular weight excluding hydrogens is 508 g/mol. The highest BCUT2D eigenvalue weighted by atomic mass is 79.9. The van der Waals surface area contributed by atoms with Crippen LogP contribution >= 0.6 is 27.5 Å². The minimum absolute atomic E-state index is 0.0304. The van der Waals surface area contributed by atoms with Crippen molar-refractivity contribution in [2.75, 3.05) is 43.0 Å². The van der Waals surface area contributed by atoms with Gasteiger partial charge in [0.2, 0.25) is 0 Å². The van der Waals surface area contributed by atoms with E-state index in [4.69, 9.17) is 16.3 Å². The summed E-state index contributed by atoms with van der Waals surface area (Å²) in [5.74, 6) is 1.13. The van der Waals surface area contributed by atoms with E-state index in [1.165, 1.54) is 0 Å². The molecule has 0 spiro atoms. The molecule has 1 aliphatic rings. The lowest BCUT2D eigenvalue weighted by molar-refractivity contribution is -0.118. The molecule has 1 N–H and O–H groups in total. The van der Waals surface area contributed by atoms with Gasteiger partial charge in [-0.2, -0.15) is 0 Å². The number of anilines is 2. The monoisotopic (exact) mass is 528 g/mol. The van der Waals surface area contributed by atoms with E-state index < -0.39 is 0 Å². The smallest absolute Gasteiger partial charge is 0.262 e. The van der Waals surface area contributed by atoms with Gasteiger partial charge in [0.1, 0.15) is 11.6 Å². The molecule has 9 heteroatoms. The van der Waals surface area contributed by atoms with Gasteiger partial charge in [-0.3, -0.25) is 9.59 Å². The molecule has 0 atom stereocenters. The van der Waals surface area contributed by atoms with Crippen LogP contribution in [-0.2, 0) is 4.79 Å². The minimum Gasteiger partial charge on any atom is -0.484 e. The van der Waals surface area contributed by atoms with E-state index in [-0.39, 0.29) is 18.4 Å². The standard InChI is InChI=1S/C24H22BrClN4O3/c25-18-3-1-2-17(14-18)24(32)30-12-10-29(11-13-30)22-9-6-20(15-27-22)28-23(31)16-33-21-7-4-19(26)5-8-21/h1-9,14-15H,10-13,16H2,(H,28,31). The third kappa shape index (κ3) is 6.24. The minimum atomic E-state index is -0.279. The largest absolute Gasteiger partial charge is 0.484 e. The van der Waals surface area contributed by atoms with Crippen molar-refractivity contribution in [1.82, 2.24) is 9.88 Å². The molecule has 170 valence electrons. The van der Waals surface area contributed by atoms with Crippen molar-refractivity contribution in [3.8, 4) is 5.75 Å². The number of benzene rings is 2. The van der Waals surface area contributed by atoms with E-state index in [9.17, 15) is 9.59 Å². The van der Waals surface area contributed by atoms with Crippen LogP contribution in [0, 0.1) is 0 Å². The number of piperazine rings is 1. The number of nitrogens with one attached hydrogen (secondary N) is 1. The SMILES string of the molecule is O=C(COc1ccc(Cl)cc1)Nc1ccc(N2CCN(C(=O)c3cccc(Br)c3)CC2)nc1. The third-order valence-corrected chi connectivity index (χ3v) is 5.92. The molecule has 2 heterocycles. The van der Waals surface area contributed by atoms with Gasteiger partial charge in [0, 0.05) is 41.2 Å². The van der Waals surface area contributed by atoms with Crippen molar-refractivity contribution < 1.29 is 14.3 Å². The Hall–Kier alpha value is -3.10. The first-order valence-electron chi connectivity index (χ1n) is 10.4. The van der Waals surface area contributed by atoms with Crippen molar-refractivity contribution in [3.05, 3.63) is 81.9 Å². The van der Waals surface area contributed by atoms with Gasteiger partial charge < -0.3 is 19.9 Å². The highest BCUT2D eigenvalue weighted by molar-refractivity contribution is 9.10. The van der Waals surface area contributed by atoms with Gasteiger partial charge in [-0.05, 0) is 54.6 Å². The molecule has 1 fully saturated rings. The fraction of sp³-hybridized carbons (Fsp3) is 0.208. The van der Waals surface area contributed by atoms with Crippen LogP contribution in [0.3, 0.4) is 0 Å². The number of pyridine rings is 1. The van der Waals surface area contributed by atoms with Crippen molar-refractivity contribution in [1.29, 1.82) is 0 Å². The average Bonchev–Trinajstić information content (AvgIpc) is 2.84. The molecule has 1 aromatic heterocycles. The van der Waals surface area contributed by atoms with Gasteiger partial charge in [0.05, 0.1) is 11.9 Å². The Kier molecular flexibility index (Phi) is 7.47. The average molecular weight is 530 g/mol. The van der Waals surface area contributed by atoms with Crippen molar-refractivity contribution >= 4 is 50.9 Å². The Morgan fingerprint density at radius 1 is 1.03 bits per heavy atom. The highest BCUT2D eigenvalue weighted by Gasteiger charge is 2.23. The van der Waals surface area contributed by atoms with E-state index in [2.05, 4.69) is 31.1 Å². The summed E-state index contributed by atoms with van der Waals surface area (Å²) in [6.45, 7) is 2.50. The van der Waals surface area contributed by atoms with Crippen LogP contribution in [-0.4, -0.2) is 54.5 Å². The van der Waals surface area contributed by atoms with Crippen LogP contribution in [0.25, 0.3) is 0 Å². The summed E-state index contributed by atoms with van der Waals surface area (Å²) in [5, 5.41) is 3.38. The van der Waals surface area contributed by atoms with E-state index in [0.717, 1.165) is 10.3 Å². The Balaban J connectivity index is 1.26. The number of nitrogens with zero attached hydrogens (tertiary/aromatic N) is 3. The maximum Gasteiger partial charge on any atom is 0.262 e. The quantitative estimate of drug-likeness (QED) is 0.510. The first kappa shape index (κ1) is 23.1. The molecule has 0 radical (unpaired) electrons. The topological polar surface area (TPSA) is 74.8 Å². The number of aromatic nitrogens is 1. The number of carbonyl (C=O) groups excluding carboxylic acids is 2. The zero-order valence-electron chi connectivity index (χ0n) is 17.7. The van der Waals surface area contributed by atoms with Crippen LogP contribution in [0.5, 0.6) is 5.75 Å². The van der Waals surface area contributed by atoms with Gasteiger partial charge in [0.25, 0.3) is 11.8 Å². The normalized spacial score (nSPS) is 13.5. The van der Waals surface area contributed by atoms with Gasteiger partial charge in [-0.25, -0.2) is 4.98 Å². The zero-order chi connectivity index (χ0) is 23.2. The molecule has 33 heavy (non-hydrogen) atoms. The van der Waals surface area contributed by atoms with Gasteiger partial charge >= 0.3 is 0 Å². The predicted molar refractivity (Wildman–Crippen MR) is 132 cm³/mol. The third-order valence-electron chi connectivity index (χ3n) is 5.18. The lowest BCUT2D eigenvalue weighted by atomic mass is 10.2. The first-order valence-corrected chi connectivity index (χ1v) is 11.6. The summed E-state index contributed by atoms with van der Waals surface area (Å²) in [6.07, 6.45) is 1.62. The van der Waals surface area contributed by atoms with E-state index in [1.54, 1.807) is 30.5 Å². The van der Waals surface area contributed by atoms with Crippen molar-refractivity contribution in [3.63, 3.8) is 0 Å². The van der Waals surface area contributed by atoms with E-state index >= 15 is 0 Å². The lowest BCUT2D eigenvalue weighted by Crippen LogP contribution is -2.49. The summed E-state index contributed by atoms with van der Waals surface area (Å²) in [4.78, 5) is 33.3. The maximum atomic E-state index is 12.7. The predicted octanol–water partition coefficient (Wildman–Crippen LogP) is 4.48. The second-order valence-electron chi connectivity index (χ2n) is 7.49. The van der Waals surface area contributed by atoms with E-state index in [1.807, 2.05) is 41.3 Å². The number of halogens is 2. The molecule has 1 aliphatic heterocycles. The lowest BCUT2D eigenvalue weighted by Gasteiger charge is -2.35. The number of hydrogen-bond acceptors (Lipinski definition) is 5. The Bertz CT molecular complexity index is 1120. The summed E-state index contributed by atoms with van der Waals surface area (Å²) in [6, 6.07) is 17.9. The Morgan fingerprint density at radius 2 is 1.79 bits per heavy atom. The molecule has 0 unspecified atom stereocenters. The maximum absolute atomic E-state index is 12.7. The zero-order valence-corrected chi connectivity index (χ0v) is 20.1. The Morgan fingerprint density at radius 3 is 2.45 bits per heavy atom.